The quantitative estimate of drug-likeness (QED) is 0.292. The molecule has 0 saturated carbocycles. The molecule has 1 aliphatic heterocycles. The van der Waals surface area contributed by atoms with Gasteiger partial charge in [0.25, 0.3) is 5.91 Å². The van der Waals surface area contributed by atoms with Crippen molar-refractivity contribution in [2.75, 3.05) is 32.1 Å². The molecule has 0 aliphatic carbocycles. The molecule has 1 fully saturated rings. The number of amides is 1. The fraction of sp³-hybridized carbons (Fsp3) is 0.348. The van der Waals surface area contributed by atoms with Crippen molar-refractivity contribution in [3.63, 3.8) is 0 Å². The number of piperidine rings is 1. The monoisotopic (exact) mass is 424 g/mol. The number of carbonyl (C=O) groups excluding carboxylic acids is 2. The van der Waals surface area contributed by atoms with Crippen LogP contribution in [-0.2, 0) is 20.9 Å². The maximum absolute atomic E-state index is 12.1. The first-order chi connectivity index (χ1) is 15.1. The van der Waals surface area contributed by atoms with Crippen molar-refractivity contribution in [1.82, 2.24) is 4.90 Å². The average Bonchev–Trinajstić information content (AvgIpc) is 2.80. The SMILES string of the molecule is COC(=O)c1ccc(NC(=O)CO/N=C(/N)c2ccccc2CN2CCCCC2)cc1. The summed E-state index contributed by atoms with van der Waals surface area (Å²) in [5.41, 5.74) is 8.96. The summed E-state index contributed by atoms with van der Waals surface area (Å²) >= 11 is 0. The molecule has 8 nitrogen and oxygen atoms in total. The Balaban J connectivity index is 1.53. The number of esters is 1. The van der Waals surface area contributed by atoms with Crippen LogP contribution in [0.4, 0.5) is 5.69 Å². The number of ether oxygens (including phenoxy) is 1. The van der Waals surface area contributed by atoms with Crippen molar-refractivity contribution in [2.24, 2.45) is 10.9 Å². The second-order valence-corrected chi connectivity index (χ2v) is 7.36. The molecule has 0 atom stereocenters. The Morgan fingerprint density at radius 1 is 1.06 bits per heavy atom. The van der Waals surface area contributed by atoms with Crippen LogP contribution in [0.25, 0.3) is 0 Å². The molecule has 1 saturated heterocycles. The van der Waals surface area contributed by atoms with E-state index in [1.165, 1.54) is 26.4 Å². The lowest BCUT2D eigenvalue weighted by atomic mass is 10.0. The highest BCUT2D eigenvalue weighted by atomic mass is 16.6. The first-order valence-corrected chi connectivity index (χ1v) is 10.3. The Kier molecular flexibility index (Phi) is 8.00. The summed E-state index contributed by atoms with van der Waals surface area (Å²) in [7, 11) is 1.31. The third-order valence-electron chi connectivity index (χ3n) is 5.08. The first-order valence-electron chi connectivity index (χ1n) is 10.3. The Bertz CT molecular complexity index is 921. The van der Waals surface area contributed by atoms with Crippen molar-refractivity contribution >= 4 is 23.4 Å². The summed E-state index contributed by atoms with van der Waals surface area (Å²) in [6, 6.07) is 14.2. The van der Waals surface area contributed by atoms with Gasteiger partial charge in [-0.05, 0) is 55.8 Å². The average molecular weight is 425 g/mol. The zero-order valence-corrected chi connectivity index (χ0v) is 17.7. The molecule has 1 amide bonds. The van der Waals surface area contributed by atoms with Crippen molar-refractivity contribution in [1.29, 1.82) is 0 Å². The van der Waals surface area contributed by atoms with Gasteiger partial charge in [-0.3, -0.25) is 9.69 Å². The largest absolute Gasteiger partial charge is 0.465 e. The molecule has 1 heterocycles. The number of likely N-dealkylation sites (tertiary alicyclic amines) is 1. The molecule has 1 aliphatic rings. The zero-order valence-electron chi connectivity index (χ0n) is 17.7. The second-order valence-electron chi connectivity index (χ2n) is 7.36. The summed E-state index contributed by atoms with van der Waals surface area (Å²) in [4.78, 5) is 31.1. The number of nitrogens with two attached hydrogens (primary N) is 1. The summed E-state index contributed by atoms with van der Waals surface area (Å²) in [6.07, 6.45) is 3.72. The molecule has 3 rings (SSSR count). The third-order valence-corrected chi connectivity index (χ3v) is 5.08. The predicted octanol–water partition coefficient (Wildman–Crippen LogP) is 2.73. The van der Waals surface area contributed by atoms with Crippen LogP contribution >= 0.6 is 0 Å². The smallest absolute Gasteiger partial charge is 0.337 e. The first kappa shape index (κ1) is 22.3. The Hall–Kier alpha value is -3.39. The van der Waals surface area contributed by atoms with Crippen molar-refractivity contribution in [3.05, 3.63) is 65.2 Å². The van der Waals surface area contributed by atoms with Gasteiger partial charge in [0.05, 0.1) is 12.7 Å². The van der Waals surface area contributed by atoms with E-state index in [2.05, 4.69) is 20.1 Å². The number of methoxy groups -OCH3 is 1. The Morgan fingerprint density at radius 3 is 2.48 bits per heavy atom. The van der Waals surface area contributed by atoms with E-state index in [1.54, 1.807) is 24.3 Å². The van der Waals surface area contributed by atoms with Crippen LogP contribution < -0.4 is 11.1 Å². The van der Waals surface area contributed by atoms with E-state index in [-0.39, 0.29) is 18.3 Å². The summed E-state index contributed by atoms with van der Waals surface area (Å²) < 4.78 is 4.64. The van der Waals surface area contributed by atoms with Crippen molar-refractivity contribution in [2.45, 2.75) is 25.8 Å². The lowest BCUT2D eigenvalue weighted by molar-refractivity contribution is -0.120. The minimum atomic E-state index is -0.438. The number of oxime groups is 1. The number of anilines is 1. The number of rotatable bonds is 8. The van der Waals surface area contributed by atoms with E-state index in [0.717, 1.165) is 30.8 Å². The highest BCUT2D eigenvalue weighted by Gasteiger charge is 2.14. The highest BCUT2D eigenvalue weighted by Crippen LogP contribution is 2.16. The molecule has 2 aromatic rings. The van der Waals surface area contributed by atoms with E-state index in [4.69, 9.17) is 10.6 Å². The molecule has 0 bridgehead atoms. The molecular weight excluding hydrogens is 396 g/mol. The minimum absolute atomic E-state index is 0.239. The standard InChI is InChI=1S/C23H28N4O4/c1-30-23(29)17-9-11-19(12-10-17)25-21(28)16-31-26-22(24)20-8-4-3-7-18(20)15-27-13-5-2-6-14-27/h3-4,7-12H,2,5-6,13-16H2,1H3,(H2,24,26)(H,25,28). The number of nitrogens with zero attached hydrogens (tertiary/aromatic N) is 2. The molecule has 0 unspecified atom stereocenters. The van der Waals surface area contributed by atoms with Gasteiger partial charge >= 0.3 is 5.97 Å². The highest BCUT2D eigenvalue weighted by molar-refractivity contribution is 5.98. The lowest BCUT2D eigenvalue weighted by Crippen LogP contribution is -2.30. The fourth-order valence-corrected chi connectivity index (χ4v) is 3.48. The zero-order chi connectivity index (χ0) is 22.1. The molecule has 164 valence electrons. The Labute approximate surface area is 182 Å². The summed E-state index contributed by atoms with van der Waals surface area (Å²) in [6.45, 7) is 2.70. The van der Waals surface area contributed by atoms with Gasteiger partial charge in [-0.25, -0.2) is 4.79 Å². The van der Waals surface area contributed by atoms with Gasteiger partial charge in [-0.15, -0.1) is 0 Å². The Morgan fingerprint density at radius 2 is 1.77 bits per heavy atom. The number of amidine groups is 1. The number of hydrogen-bond acceptors (Lipinski definition) is 6. The van der Waals surface area contributed by atoms with Gasteiger partial charge in [-0.1, -0.05) is 35.8 Å². The second kappa shape index (κ2) is 11.1. The lowest BCUT2D eigenvalue weighted by Gasteiger charge is -2.27. The van der Waals surface area contributed by atoms with Crippen molar-refractivity contribution in [3.8, 4) is 0 Å². The predicted molar refractivity (Wildman–Crippen MR) is 119 cm³/mol. The van der Waals surface area contributed by atoms with Gasteiger partial charge in [0.1, 0.15) is 0 Å². The molecule has 8 heteroatoms. The molecular formula is C23H28N4O4. The number of carbonyl (C=O) groups is 2. The van der Waals surface area contributed by atoms with E-state index < -0.39 is 5.97 Å². The molecule has 3 N–H and O–H groups in total. The van der Waals surface area contributed by atoms with E-state index in [0.29, 0.717) is 11.3 Å². The number of nitrogens with one attached hydrogen (secondary N) is 1. The van der Waals surface area contributed by atoms with Crippen LogP contribution in [0.1, 0.15) is 40.7 Å². The van der Waals surface area contributed by atoms with E-state index in [1.807, 2.05) is 24.3 Å². The van der Waals surface area contributed by atoms with Crippen LogP contribution in [0.5, 0.6) is 0 Å². The van der Waals surface area contributed by atoms with Crippen LogP contribution in [0.2, 0.25) is 0 Å². The van der Waals surface area contributed by atoms with Gasteiger partial charge in [0.2, 0.25) is 0 Å². The van der Waals surface area contributed by atoms with E-state index in [9.17, 15) is 9.59 Å². The fourth-order valence-electron chi connectivity index (χ4n) is 3.48. The summed E-state index contributed by atoms with van der Waals surface area (Å²) in [5.74, 6) is -0.585. The normalized spacial score (nSPS) is 14.7. The van der Waals surface area contributed by atoms with Crippen LogP contribution in [0, 0.1) is 0 Å². The van der Waals surface area contributed by atoms with Gasteiger partial charge in [-0.2, -0.15) is 0 Å². The minimum Gasteiger partial charge on any atom is -0.465 e. The molecule has 0 spiro atoms. The topological polar surface area (TPSA) is 106 Å². The molecule has 0 radical (unpaired) electrons. The summed E-state index contributed by atoms with van der Waals surface area (Å²) in [5, 5.41) is 6.60. The maximum atomic E-state index is 12.1. The third kappa shape index (κ3) is 6.55. The van der Waals surface area contributed by atoms with Crippen LogP contribution in [0.15, 0.2) is 53.7 Å². The number of hydrogen-bond donors (Lipinski definition) is 2. The van der Waals surface area contributed by atoms with E-state index >= 15 is 0 Å². The molecule has 31 heavy (non-hydrogen) atoms. The maximum Gasteiger partial charge on any atom is 0.337 e. The van der Waals surface area contributed by atoms with Gasteiger partial charge < -0.3 is 20.6 Å². The number of benzene rings is 2. The van der Waals surface area contributed by atoms with Gasteiger partial charge in [0.15, 0.2) is 12.4 Å². The van der Waals surface area contributed by atoms with Crippen LogP contribution in [0.3, 0.4) is 0 Å². The van der Waals surface area contributed by atoms with Crippen molar-refractivity contribution < 1.29 is 19.2 Å². The molecule has 0 aromatic heterocycles. The van der Waals surface area contributed by atoms with Gasteiger partial charge in [0, 0.05) is 17.8 Å². The molecule has 2 aromatic carbocycles. The van der Waals surface area contributed by atoms with Crippen LogP contribution in [-0.4, -0.2) is 49.4 Å².